The molecule has 0 saturated heterocycles. The molecule has 4 amide bonds. The monoisotopic (exact) mass is 694 g/mol. The van der Waals surface area contributed by atoms with Crippen LogP contribution >= 0.6 is 28.5 Å². The number of aldehydes is 1. The van der Waals surface area contributed by atoms with Crippen molar-refractivity contribution < 1.29 is 28.6 Å². The maximum atomic E-state index is 13.0. The quantitative estimate of drug-likeness (QED) is 0.126. The summed E-state index contributed by atoms with van der Waals surface area (Å²) in [5.74, 6) is -1.05. The first-order valence-electron chi connectivity index (χ1n) is 13.2. The predicted octanol–water partition coefficient (Wildman–Crippen LogP) is 3.96. The summed E-state index contributed by atoms with van der Waals surface area (Å²) in [6.07, 6.45) is 1.16. The summed E-state index contributed by atoms with van der Waals surface area (Å²) in [5.41, 5.74) is 4.64. The van der Waals surface area contributed by atoms with Gasteiger partial charge in [-0.3, -0.25) is 19.2 Å². The zero-order valence-corrected chi connectivity index (χ0v) is 27.0. The van der Waals surface area contributed by atoms with E-state index in [0.29, 0.717) is 11.1 Å². The van der Waals surface area contributed by atoms with Crippen LogP contribution in [0.25, 0.3) is 0 Å². The molecule has 0 saturated carbocycles. The Labute approximate surface area is 255 Å². The van der Waals surface area contributed by atoms with Crippen molar-refractivity contribution in [1.29, 1.82) is 0 Å². The minimum atomic E-state index is -0.785. The van der Waals surface area contributed by atoms with Gasteiger partial charge in [0.05, 0.1) is 5.41 Å². The minimum Gasteiger partial charge on any atom is -0.357 e. The summed E-state index contributed by atoms with van der Waals surface area (Å²) in [6.45, 7) is 8.29. The first-order valence-corrected chi connectivity index (χ1v) is 17.2. The van der Waals surface area contributed by atoms with Gasteiger partial charge >= 0.3 is 0 Å². The van der Waals surface area contributed by atoms with Crippen LogP contribution in [0, 0.1) is 5.41 Å². The van der Waals surface area contributed by atoms with Crippen LogP contribution in [0.15, 0.2) is 42.5 Å². The molecule has 0 fully saturated rings. The van der Waals surface area contributed by atoms with Crippen molar-refractivity contribution in [2.45, 2.75) is 65.1 Å². The fourth-order valence-corrected chi connectivity index (χ4v) is 5.20. The number of fused-ring (bicyclic) bond motifs is 1. The third-order valence-corrected chi connectivity index (χ3v) is 8.96. The van der Waals surface area contributed by atoms with Crippen LogP contribution in [0.5, 0.6) is 0 Å². The third kappa shape index (κ3) is 7.13. The van der Waals surface area contributed by atoms with Crippen molar-refractivity contribution in [1.82, 2.24) is 21.0 Å². The highest BCUT2D eigenvalue weighted by atomic mass is 127. The zero-order chi connectivity index (χ0) is 30.4. The molecule has 3 N–H and O–H groups in total. The second kappa shape index (κ2) is 13.8. The van der Waals surface area contributed by atoms with E-state index < -0.39 is 16.9 Å². The van der Waals surface area contributed by atoms with E-state index in [9.17, 15) is 24.0 Å². The number of halogens is 1. The van der Waals surface area contributed by atoms with Gasteiger partial charge in [0, 0.05) is 43.1 Å². The molecule has 3 rings (SSSR count). The fourth-order valence-electron chi connectivity index (χ4n) is 4.74. The molecule has 220 valence electrons. The van der Waals surface area contributed by atoms with Crippen LogP contribution in [0.4, 0.5) is 0 Å². The highest BCUT2D eigenvalue weighted by molar-refractivity contribution is 14.2. The molecule has 10 nitrogen and oxygen atoms in total. The Balaban J connectivity index is 1.67. The summed E-state index contributed by atoms with van der Waals surface area (Å²) < 4.78 is 5.12. The summed E-state index contributed by atoms with van der Waals surface area (Å²) in [4.78, 5) is 63.4. The van der Waals surface area contributed by atoms with Crippen molar-refractivity contribution in [3.63, 3.8) is 0 Å². The normalized spacial score (nSPS) is 14.1. The first kappa shape index (κ1) is 32.6. The molecule has 1 heterocycles. The predicted molar refractivity (Wildman–Crippen MR) is 165 cm³/mol. The molecule has 0 radical (unpaired) electrons. The Morgan fingerprint density at radius 3 is 2.41 bits per heavy atom. The van der Waals surface area contributed by atoms with Crippen LogP contribution in [0.1, 0.15) is 77.9 Å². The van der Waals surface area contributed by atoms with E-state index in [4.69, 9.17) is 4.62 Å². The van der Waals surface area contributed by atoms with Crippen LogP contribution < -0.4 is 16.1 Å². The Morgan fingerprint density at radius 2 is 1.80 bits per heavy atom. The molecule has 0 bridgehead atoms. The number of rotatable bonds is 13. The highest BCUT2D eigenvalue weighted by Crippen LogP contribution is 2.42. The second-order valence-electron chi connectivity index (χ2n) is 10.9. The van der Waals surface area contributed by atoms with E-state index in [1.54, 1.807) is 24.3 Å². The van der Waals surface area contributed by atoms with Crippen LogP contribution in [0.2, 0.25) is 0 Å². The average molecular weight is 695 g/mol. The minimum absolute atomic E-state index is 0.112. The first-order chi connectivity index (χ1) is 19.4. The SMILES string of the molecule is CNC(=O)C(CCC=O)N1Cc2cc(CNC(=O)c3ccc(C(C)(C)C(C)(C)C(=O)NOPI)cc3)ccc2C1=O. The molecule has 2 aromatic carbocycles. The maximum absolute atomic E-state index is 13.0. The Morgan fingerprint density at radius 1 is 1.12 bits per heavy atom. The lowest BCUT2D eigenvalue weighted by Gasteiger charge is -2.40. The summed E-state index contributed by atoms with van der Waals surface area (Å²) >= 11 is 2.03. The number of carbonyl (C=O) groups is 5. The van der Waals surface area contributed by atoms with E-state index in [1.165, 1.54) is 11.9 Å². The standard InChI is InChI=1S/C29H36IN4O6P/c1-28(2,29(3,4)27(39)33-40-41-30)21-11-9-19(10-12-21)24(36)32-16-18-8-13-22-20(15-18)17-34(26(22)38)23(7-6-14-35)25(37)31-5/h8-15,23,41H,6-7,16-17H2,1-5H3,(H,31,37)(H,32,36)(H,33,39). The molecular weight excluding hydrogens is 658 g/mol. The van der Waals surface area contributed by atoms with E-state index >= 15 is 0 Å². The van der Waals surface area contributed by atoms with Crippen molar-refractivity contribution in [3.05, 3.63) is 70.3 Å². The van der Waals surface area contributed by atoms with Gasteiger partial charge in [-0.15, -0.1) is 0 Å². The number of nitrogens with one attached hydrogen (secondary N) is 3. The number of nitrogens with zero attached hydrogens (tertiary/aromatic N) is 1. The molecule has 12 heteroatoms. The number of hydrogen-bond donors (Lipinski definition) is 3. The molecule has 2 aromatic rings. The van der Waals surface area contributed by atoms with Gasteiger partial charge in [-0.2, -0.15) is 0 Å². The van der Waals surface area contributed by atoms with Gasteiger partial charge in [0.2, 0.25) is 11.8 Å². The van der Waals surface area contributed by atoms with E-state index in [2.05, 4.69) is 16.1 Å². The largest absolute Gasteiger partial charge is 0.357 e. The Hall–Kier alpha value is -2.89. The molecule has 0 aromatic heterocycles. The lowest BCUT2D eigenvalue weighted by molar-refractivity contribution is -0.139. The molecule has 0 spiro atoms. The summed E-state index contributed by atoms with van der Waals surface area (Å²) in [5, 5.41) is 5.49. The average Bonchev–Trinajstić information content (AvgIpc) is 3.29. The number of hydrogen-bond acceptors (Lipinski definition) is 6. The molecule has 0 aliphatic carbocycles. The molecule has 41 heavy (non-hydrogen) atoms. The lowest BCUT2D eigenvalue weighted by atomic mass is 9.63. The molecule has 1 aliphatic rings. The third-order valence-electron chi connectivity index (χ3n) is 8.12. The summed E-state index contributed by atoms with van der Waals surface area (Å²) in [7, 11) is 1.50. The van der Waals surface area contributed by atoms with Gasteiger partial charge in [-0.1, -0.05) is 52.0 Å². The summed E-state index contributed by atoms with van der Waals surface area (Å²) in [6, 6.07) is 11.8. The van der Waals surface area contributed by atoms with Crippen LogP contribution in [0.3, 0.4) is 0 Å². The van der Waals surface area contributed by atoms with Crippen molar-refractivity contribution in [3.8, 4) is 0 Å². The number of benzene rings is 2. The second-order valence-corrected chi connectivity index (χ2v) is 12.6. The van der Waals surface area contributed by atoms with E-state index in [0.717, 1.165) is 23.0 Å². The number of hydroxylamine groups is 1. The number of carbonyl (C=O) groups excluding carboxylic acids is 5. The molecular formula is C29H36IN4O6P. The van der Waals surface area contributed by atoms with Crippen LogP contribution in [-0.2, 0) is 37.5 Å². The maximum Gasteiger partial charge on any atom is 0.255 e. The highest BCUT2D eigenvalue weighted by Gasteiger charge is 2.44. The lowest BCUT2D eigenvalue weighted by Crippen LogP contribution is -2.48. The topological polar surface area (TPSA) is 134 Å². The van der Waals surface area contributed by atoms with Crippen LogP contribution in [-0.4, -0.2) is 47.9 Å². The van der Waals surface area contributed by atoms with Crippen molar-refractivity contribution >= 4 is 58.4 Å². The van der Waals surface area contributed by atoms with E-state index in [1.807, 2.05) is 67.9 Å². The van der Waals surface area contributed by atoms with Gasteiger partial charge in [-0.25, -0.2) is 10.1 Å². The van der Waals surface area contributed by atoms with Crippen molar-refractivity contribution in [2.24, 2.45) is 5.41 Å². The van der Waals surface area contributed by atoms with Gasteiger partial charge in [0.25, 0.3) is 11.8 Å². The van der Waals surface area contributed by atoms with Gasteiger partial charge in [-0.05, 0) is 63.4 Å². The Bertz CT molecular complexity index is 1310. The molecule has 2 unspecified atom stereocenters. The van der Waals surface area contributed by atoms with Gasteiger partial charge < -0.3 is 20.3 Å². The van der Waals surface area contributed by atoms with Crippen molar-refractivity contribution in [2.75, 3.05) is 7.05 Å². The van der Waals surface area contributed by atoms with E-state index in [-0.39, 0.29) is 56.0 Å². The fraction of sp³-hybridized carbons (Fsp3) is 0.414. The van der Waals surface area contributed by atoms with Gasteiger partial charge in [0.15, 0.2) is 0 Å². The number of amides is 4. The zero-order valence-electron chi connectivity index (χ0n) is 23.8. The Kier molecular flexibility index (Phi) is 11.0. The van der Waals surface area contributed by atoms with Gasteiger partial charge in [0.1, 0.15) is 18.8 Å². The smallest absolute Gasteiger partial charge is 0.255 e. The molecule has 2 atom stereocenters. The molecule has 1 aliphatic heterocycles. The number of likely N-dealkylation sites (N-methyl/N-ethyl adjacent to an activating group) is 1.